The highest BCUT2D eigenvalue weighted by atomic mass is 16.6. The third kappa shape index (κ3) is 9.29. The van der Waals surface area contributed by atoms with E-state index in [1.54, 1.807) is 32.9 Å². The predicted molar refractivity (Wildman–Crippen MR) is 151 cm³/mol. The number of nitrogens with zero attached hydrogens (tertiary/aromatic N) is 1. The van der Waals surface area contributed by atoms with Crippen LogP contribution in [-0.2, 0) is 30.3 Å². The van der Waals surface area contributed by atoms with Gasteiger partial charge in [0.25, 0.3) is 0 Å². The summed E-state index contributed by atoms with van der Waals surface area (Å²) >= 11 is 0. The Labute approximate surface area is 236 Å². The van der Waals surface area contributed by atoms with Crippen molar-refractivity contribution in [2.75, 3.05) is 20.2 Å². The van der Waals surface area contributed by atoms with Crippen LogP contribution in [0.5, 0.6) is 5.75 Å². The molecule has 10 nitrogen and oxygen atoms in total. The SMILES string of the molecule is CCCN(C(=O)C(Cc1ccc(O)cc1)NC(=O)OC(C)(C)C)C(C(=O)NCC(=O)OC)c1c(C)cccc1C. The van der Waals surface area contributed by atoms with Gasteiger partial charge in [0.05, 0.1) is 7.11 Å². The lowest BCUT2D eigenvalue weighted by Gasteiger charge is -2.35. The minimum Gasteiger partial charge on any atom is -0.508 e. The van der Waals surface area contributed by atoms with Crippen LogP contribution in [0.4, 0.5) is 4.79 Å². The van der Waals surface area contributed by atoms with E-state index in [4.69, 9.17) is 4.74 Å². The fourth-order valence-electron chi connectivity index (χ4n) is 4.34. The summed E-state index contributed by atoms with van der Waals surface area (Å²) in [6.45, 7) is 10.6. The van der Waals surface area contributed by atoms with Crippen molar-refractivity contribution < 1.29 is 33.8 Å². The number of esters is 1. The number of phenolic OH excluding ortho intramolecular Hbond substituents is 1. The van der Waals surface area contributed by atoms with Gasteiger partial charge >= 0.3 is 12.1 Å². The lowest BCUT2D eigenvalue weighted by atomic mass is 9.93. The maximum absolute atomic E-state index is 14.3. The lowest BCUT2D eigenvalue weighted by molar-refractivity contribution is -0.144. The van der Waals surface area contributed by atoms with Crippen molar-refractivity contribution in [2.24, 2.45) is 0 Å². The van der Waals surface area contributed by atoms with Crippen LogP contribution in [-0.4, -0.2) is 65.7 Å². The van der Waals surface area contributed by atoms with Gasteiger partial charge in [0.15, 0.2) is 0 Å². The summed E-state index contributed by atoms with van der Waals surface area (Å²) in [5.74, 6) is -1.61. The number of nitrogens with one attached hydrogen (secondary N) is 2. The van der Waals surface area contributed by atoms with Gasteiger partial charge in [-0.05, 0) is 75.4 Å². The van der Waals surface area contributed by atoms with Crippen LogP contribution >= 0.6 is 0 Å². The molecule has 0 spiro atoms. The van der Waals surface area contributed by atoms with Gasteiger partial charge in [-0.25, -0.2) is 4.79 Å². The van der Waals surface area contributed by atoms with Crippen LogP contribution in [0.15, 0.2) is 42.5 Å². The zero-order valence-corrected chi connectivity index (χ0v) is 24.4. The largest absolute Gasteiger partial charge is 0.508 e. The molecule has 40 heavy (non-hydrogen) atoms. The summed E-state index contributed by atoms with van der Waals surface area (Å²) in [5, 5.41) is 15.0. The van der Waals surface area contributed by atoms with Crippen LogP contribution < -0.4 is 10.6 Å². The molecule has 3 amide bonds. The first-order chi connectivity index (χ1) is 18.8. The van der Waals surface area contributed by atoms with Gasteiger partial charge in [-0.15, -0.1) is 0 Å². The third-order valence-electron chi connectivity index (χ3n) is 6.12. The van der Waals surface area contributed by atoms with Crippen molar-refractivity contribution in [2.45, 2.75) is 72.1 Å². The molecule has 0 saturated carbocycles. The summed E-state index contributed by atoms with van der Waals surface area (Å²) in [6, 6.07) is 9.69. The number of aryl methyl sites for hydroxylation is 2. The van der Waals surface area contributed by atoms with Gasteiger partial charge < -0.3 is 30.1 Å². The molecule has 218 valence electrons. The maximum Gasteiger partial charge on any atom is 0.408 e. The average Bonchev–Trinajstić information content (AvgIpc) is 2.87. The molecule has 3 N–H and O–H groups in total. The third-order valence-corrected chi connectivity index (χ3v) is 6.12. The van der Waals surface area contributed by atoms with E-state index < -0.39 is 41.6 Å². The van der Waals surface area contributed by atoms with Crippen LogP contribution in [0.2, 0.25) is 0 Å². The number of alkyl carbamates (subject to hydrolysis) is 1. The molecular weight excluding hydrogens is 514 g/mol. The van der Waals surface area contributed by atoms with Crippen molar-refractivity contribution in [3.8, 4) is 5.75 Å². The molecule has 2 aromatic carbocycles. The maximum atomic E-state index is 14.3. The van der Waals surface area contributed by atoms with E-state index in [1.165, 1.54) is 24.1 Å². The molecule has 0 fully saturated rings. The number of ether oxygens (including phenoxy) is 2. The van der Waals surface area contributed by atoms with Gasteiger partial charge in [-0.3, -0.25) is 14.4 Å². The Balaban J connectivity index is 2.58. The number of rotatable bonds is 11. The smallest absolute Gasteiger partial charge is 0.408 e. The highest BCUT2D eigenvalue weighted by Gasteiger charge is 2.37. The topological polar surface area (TPSA) is 134 Å². The number of carbonyl (C=O) groups excluding carboxylic acids is 4. The summed E-state index contributed by atoms with van der Waals surface area (Å²) < 4.78 is 10.1. The molecule has 0 aliphatic rings. The molecule has 0 bridgehead atoms. The summed E-state index contributed by atoms with van der Waals surface area (Å²) in [4.78, 5) is 54.0. The van der Waals surface area contributed by atoms with E-state index in [-0.39, 0.29) is 25.3 Å². The average molecular weight is 556 g/mol. The standard InChI is InChI=1S/C30H41N3O7/c1-8-16-33(26(27(36)31-18-24(35)39-7)25-19(2)10-9-11-20(25)3)28(37)23(32-29(38)40-30(4,5)6)17-21-12-14-22(34)15-13-21/h9-15,23,26,34H,8,16-18H2,1-7H3,(H,31,36)(H,32,38). The van der Waals surface area contributed by atoms with Gasteiger partial charge in [-0.2, -0.15) is 0 Å². The number of benzene rings is 2. The second-order valence-electron chi connectivity index (χ2n) is 10.6. The monoisotopic (exact) mass is 555 g/mol. The minimum atomic E-state index is -1.09. The number of carbonyl (C=O) groups is 4. The first-order valence-corrected chi connectivity index (χ1v) is 13.3. The molecule has 2 unspecified atom stereocenters. The number of methoxy groups -OCH3 is 1. The Kier molecular flexibility index (Phi) is 11.5. The molecule has 2 atom stereocenters. The Hall–Kier alpha value is -4.08. The quantitative estimate of drug-likeness (QED) is 0.360. The Morgan fingerprint density at radius 3 is 2.12 bits per heavy atom. The number of hydrogen-bond donors (Lipinski definition) is 3. The lowest BCUT2D eigenvalue weighted by Crippen LogP contribution is -2.54. The van der Waals surface area contributed by atoms with E-state index in [1.807, 2.05) is 39.0 Å². The molecular formula is C30H41N3O7. The molecule has 0 radical (unpaired) electrons. The molecule has 0 aromatic heterocycles. The van der Waals surface area contributed by atoms with E-state index in [2.05, 4.69) is 15.4 Å². The van der Waals surface area contributed by atoms with Gasteiger partial charge in [-0.1, -0.05) is 37.3 Å². The second kappa shape index (κ2) is 14.3. The molecule has 0 saturated heterocycles. The predicted octanol–water partition coefficient (Wildman–Crippen LogP) is 3.71. The molecule has 0 aliphatic heterocycles. The number of phenols is 1. The Morgan fingerprint density at radius 2 is 1.60 bits per heavy atom. The van der Waals surface area contributed by atoms with Crippen molar-refractivity contribution in [1.29, 1.82) is 0 Å². The van der Waals surface area contributed by atoms with E-state index in [0.29, 0.717) is 17.5 Å². The van der Waals surface area contributed by atoms with Gasteiger partial charge in [0, 0.05) is 13.0 Å². The first kappa shape index (κ1) is 32.1. The van der Waals surface area contributed by atoms with E-state index in [9.17, 15) is 24.3 Å². The number of hydrogen-bond acceptors (Lipinski definition) is 7. The van der Waals surface area contributed by atoms with Crippen LogP contribution in [0.1, 0.15) is 62.4 Å². The highest BCUT2D eigenvalue weighted by molar-refractivity contribution is 5.93. The van der Waals surface area contributed by atoms with Crippen molar-refractivity contribution in [3.05, 3.63) is 64.7 Å². The Morgan fingerprint density at radius 1 is 1.00 bits per heavy atom. The Bertz CT molecular complexity index is 1170. The van der Waals surface area contributed by atoms with E-state index >= 15 is 0 Å². The summed E-state index contributed by atoms with van der Waals surface area (Å²) in [5.41, 5.74) is 2.10. The van der Waals surface area contributed by atoms with E-state index in [0.717, 1.165) is 11.1 Å². The van der Waals surface area contributed by atoms with Gasteiger partial charge in [0.2, 0.25) is 11.8 Å². The minimum absolute atomic E-state index is 0.0664. The molecule has 10 heteroatoms. The van der Waals surface area contributed by atoms with Crippen molar-refractivity contribution in [1.82, 2.24) is 15.5 Å². The highest BCUT2D eigenvalue weighted by Crippen LogP contribution is 2.29. The van der Waals surface area contributed by atoms with Crippen molar-refractivity contribution >= 4 is 23.9 Å². The number of aromatic hydroxyl groups is 1. The zero-order valence-electron chi connectivity index (χ0n) is 24.4. The summed E-state index contributed by atoms with van der Waals surface area (Å²) in [7, 11) is 1.22. The van der Waals surface area contributed by atoms with Crippen LogP contribution in [0, 0.1) is 13.8 Å². The molecule has 2 aromatic rings. The fraction of sp³-hybridized carbons (Fsp3) is 0.467. The zero-order chi connectivity index (χ0) is 30.0. The number of amides is 3. The molecule has 0 aliphatic carbocycles. The first-order valence-electron chi connectivity index (χ1n) is 13.3. The second-order valence-corrected chi connectivity index (χ2v) is 10.6. The molecule has 2 rings (SSSR count). The normalized spacial score (nSPS) is 12.6. The summed E-state index contributed by atoms with van der Waals surface area (Å²) in [6.07, 6.45) is -0.169. The van der Waals surface area contributed by atoms with Crippen LogP contribution in [0.25, 0.3) is 0 Å². The van der Waals surface area contributed by atoms with Crippen LogP contribution in [0.3, 0.4) is 0 Å². The molecule has 0 heterocycles. The fourth-order valence-corrected chi connectivity index (χ4v) is 4.34. The van der Waals surface area contributed by atoms with Gasteiger partial charge in [0.1, 0.15) is 30.0 Å². The van der Waals surface area contributed by atoms with Crippen molar-refractivity contribution in [3.63, 3.8) is 0 Å².